The number of carbonyl (C=O) groups excluding carboxylic acids is 3. The summed E-state index contributed by atoms with van der Waals surface area (Å²) in [6, 6.07) is 16.6. The molecule has 0 aromatic heterocycles. The van der Waals surface area contributed by atoms with Crippen molar-refractivity contribution >= 4 is 23.5 Å². The summed E-state index contributed by atoms with van der Waals surface area (Å²) in [7, 11) is 1.27. The molecule has 2 aromatic carbocycles. The van der Waals surface area contributed by atoms with Gasteiger partial charge in [0.1, 0.15) is 0 Å². The molecule has 136 valence electrons. The number of hydrogen-bond acceptors (Lipinski definition) is 4. The number of nitrogens with one attached hydrogen (secondary N) is 2. The molecule has 0 saturated heterocycles. The summed E-state index contributed by atoms with van der Waals surface area (Å²) in [5.74, 6) is -1.06. The molecular formula is C20H22N2O4. The molecule has 0 radical (unpaired) electrons. The molecule has 0 aliphatic heterocycles. The maximum atomic E-state index is 12.4. The van der Waals surface area contributed by atoms with E-state index in [1.165, 1.54) is 7.11 Å². The van der Waals surface area contributed by atoms with E-state index in [0.717, 1.165) is 12.0 Å². The van der Waals surface area contributed by atoms with Gasteiger partial charge in [-0.2, -0.15) is 0 Å². The molecule has 26 heavy (non-hydrogen) atoms. The Labute approximate surface area is 152 Å². The first-order chi connectivity index (χ1) is 12.6. The monoisotopic (exact) mass is 354 g/mol. The Bertz CT molecular complexity index is 759. The van der Waals surface area contributed by atoms with E-state index >= 15 is 0 Å². The predicted molar refractivity (Wildman–Crippen MR) is 98.8 cm³/mol. The Balaban J connectivity index is 1.91. The fraction of sp³-hybridized carbons (Fsp3) is 0.250. The Hall–Kier alpha value is -3.15. The Kier molecular flexibility index (Phi) is 7.36. The molecule has 0 heterocycles. The van der Waals surface area contributed by atoms with Crippen LogP contribution in [0.25, 0.3) is 0 Å². The lowest BCUT2D eigenvalue weighted by atomic mass is 10.1. The van der Waals surface area contributed by atoms with E-state index in [1.807, 2.05) is 30.3 Å². The third kappa shape index (κ3) is 6.05. The van der Waals surface area contributed by atoms with Crippen LogP contribution in [-0.4, -0.2) is 31.4 Å². The minimum atomic E-state index is -0.452. The van der Waals surface area contributed by atoms with E-state index in [-0.39, 0.29) is 24.7 Å². The third-order valence-electron chi connectivity index (χ3n) is 3.77. The van der Waals surface area contributed by atoms with E-state index < -0.39 is 5.97 Å². The number of hydrogen-bond donors (Lipinski definition) is 2. The van der Waals surface area contributed by atoms with Crippen LogP contribution in [0.3, 0.4) is 0 Å². The van der Waals surface area contributed by atoms with Gasteiger partial charge in [0, 0.05) is 13.0 Å². The molecule has 0 unspecified atom stereocenters. The van der Waals surface area contributed by atoms with E-state index in [2.05, 4.69) is 15.4 Å². The highest BCUT2D eigenvalue weighted by atomic mass is 16.5. The molecule has 6 heteroatoms. The van der Waals surface area contributed by atoms with E-state index in [9.17, 15) is 14.4 Å². The number of carbonyl (C=O) groups is 3. The summed E-state index contributed by atoms with van der Waals surface area (Å²) in [4.78, 5) is 35.5. The Morgan fingerprint density at radius 1 is 0.923 bits per heavy atom. The second-order valence-corrected chi connectivity index (χ2v) is 5.66. The van der Waals surface area contributed by atoms with Crippen LogP contribution in [0.15, 0.2) is 54.6 Å². The number of amides is 2. The van der Waals surface area contributed by atoms with Crippen LogP contribution in [-0.2, 0) is 20.7 Å². The third-order valence-corrected chi connectivity index (χ3v) is 3.77. The minimum absolute atomic E-state index is 0.00334. The first-order valence-electron chi connectivity index (χ1n) is 8.38. The van der Waals surface area contributed by atoms with Gasteiger partial charge >= 0.3 is 5.97 Å². The van der Waals surface area contributed by atoms with Crippen molar-refractivity contribution in [1.82, 2.24) is 5.32 Å². The van der Waals surface area contributed by atoms with Crippen molar-refractivity contribution in [2.75, 3.05) is 19.0 Å². The first kappa shape index (κ1) is 19.2. The van der Waals surface area contributed by atoms with Gasteiger partial charge in [-0.1, -0.05) is 42.5 Å². The summed E-state index contributed by atoms with van der Waals surface area (Å²) in [6.07, 6.45) is 0.713. The zero-order valence-electron chi connectivity index (χ0n) is 14.7. The molecule has 2 amide bonds. The molecule has 0 aliphatic rings. The van der Waals surface area contributed by atoms with Crippen molar-refractivity contribution < 1.29 is 19.1 Å². The van der Waals surface area contributed by atoms with E-state index in [1.54, 1.807) is 24.3 Å². The molecule has 0 atom stereocenters. The molecule has 0 saturated carbocycles. The molecule has 0 fully saturated rings. The zero-order chi connectivity index (χ0) is 18.8. The van der Waals surface area contributed by atoms with Gasteiger partial charge < -0.3 is 15.4 Å². The number of anilines is 1. The Morgan fingerprint density at radius 3 is 2.35 bits per heavy atom. The lowest BCUT2D eigenvalue weighted by Gasteiger charge is -2.11. The SMILES string of the molecule is COC(=O)CCC(=O)Nc1ccccc1C(=O)NCCc1ccccc1. The molecule has 0 spiro atoms. The van der Waals surface area contributed by atoms with Crippen molar-refractivity contribution in [3.8, 4) is 0 Å². The molecule has 0 aliphatic carbocycles. The van der Waals surface area contributed by atoms with Crippen molar-refractivity contribution in [1.29, 1.82) is 0 Å². The van der Waals surface area contributed by atoms with Crippen molar-refractivity contribution in [2.45, 2.75) is 19.3 Å². The maximum absolute atomic E-state index is 12.4. The van der Waals surface area contributed by atoms with E-state index in [4.69, 9.17) is 0 Å². The molecule has 0 bridgehead atoms. The average Bonchev–Trinajstić information content (AvgIpc) is 2.67. The highest BCUT2D eigenvalue weighted by Crippen LogP contribution is 2.15. The lowest BCUT2D eigenvalue weighted by Crippen LogP contribution is -2.27. The number of para-hydroxylation sites is 1. The smallest absolute Gasteiger partial charge is 0.306 e. The summed E-state index contributed by atoms with van der Waals surface area (Å²) in [6.45, 7) is 0.494. The quantitative estimate of drug-likeness (QED) is 0.714. The van der Waals surface area contributed by atoms with Crippen molar-refractivity contribution in [3.05, 3.63) is 65.7 Å². The van der Waals surface area contributed by atoms with Crippen LogP contribution in [0.5, 0.6) is 0 Å². The zero-order valence-corrected chi connectivity index (χ0v) is 14.7. The van der Waals surface area contributed by atoms with Gasteiger partial charge in [0.15, 0.2) is 0 Å². The highest BCUT2D eigenvalue weighted by molar-refractivity contribution is 6.04. The number of rotatable bonds is 8. The fourth-order valence-electron chi connectivity index (χ4n) is 2.38. The summed E-state index contributed by atoms with van der Waals surface area (Å²) < 4.78 is 4.51. The normalized spacial score (nSPS) is 10.0. The highest BCUT2D eigenvalue weighted by Gasteiger charge is 2.13. The van der Waals surface area contributed by atoms with Gasteiger partial charge in [-0.15, -0.1) is 0 Å². The number of ether oxygens (including phenoxy) is 1. The summed E-state index contributed by atoms with van der Waals surface area (Å²) in [5.41, 5.74) is 1.93. The number of esters is 1. The molecule has 6 nitrogen and oxygen atoms in total. The first-order valence-corrected chi connectivity index (χ1v) is 8.38. The second-order valence-electron chi connectivity index (χ2n) is 5.66. The van der Waals surface area contributed by atoms with Crippen molar-refractivity contribution in [3.63, 3.8) is 0 Å². The summed E-state index contributed by atoms with van der Waals surface area (Å²) in [5, 5.41) is 5.53. The number of benzene rings is 2. The van der Waals surface area contributed by atoms with Gasteiger partial charge in [0.05, 0.1) is 24.8 Å². The molecular weight excluding hydrogens is 332 g/mol. The van der Waals surface area contributed by atoms with Crippen LogP contribution in [0.4, 0.5) is 5.69 Å². The molecule has 2 N–H and O–H groups in total. The largest absolute Gasteiger partial charge is 0.469 e. The number of methoxy groups -OCH3 is 1. The van der Waals surface area contributed by atoms with Crippen LogP contribution in [0, 0.1) is 0 Å². The summed E-state index contributed by atoms with van der Waals surface area (Å²) >= 11 is 0. The fourth-order valence-corrected chi connectivity index (χ4v) is 2.38. The van der Waals surface area contributed by atoms with Gasteiger partial charge in [-0.25, -0.2) is 0 Å². The van der Waals surface area contributed by atoms with Crippen LogP contribution in [0.1, 0.15) is 28.8 Å². The van der Waals surface area contributed by atoms with Gasteiger partial charge in [0.2, 0.25) is 5.91 Å². The van der Waals surface area contributed by atoms with Crippen LogP contribution >= 0.6 is 0 Å². The van der Waals surface area contributed by atoms with Gasteiger partial charge in [-0.3, -0.25) is 14.4 Å². The van der Waals surface area contributed by atoms with Crippen molar-refractivity contribution in [2.24, 2.45) is 0 Å². The molecule has 2 aromatic rings. The predicted octanol–water partition coefficient (Wildman–Crippen LogP) is 2.55. The van der Waals surface area contributed by atoms with Gasteiger partial charge in [-0.05, 0) is 24.1 Å². The molecule has 2 rings (SSSR count). The minimum Gasteiger partial charge on any atom is -0.469 e. The average molecular weight is 354 g/mol. The van der Waals surface area contributed by atoms with Crippen LogP contribution in [0.2, 0.25) is 0 Å². The standard InChI is InChI=1S/C20H22N2O4/c1-26-19(24)12-11-18(23)22-17-10-6-5-9-16(17)20(25)21-14-13-15-7-3-2-4-8-15/h2-10H,11-14H2,1H3,(H,21,25)(H,22,23). The topological polar surface area (TPSA) is 84.5 Å². The van der Waals surface area contributed by atoms with Crippen LogP contribution < -0.4 is 10.6 Å². The van der Waals surface area contributed by atoms with Gasteiger partial charge in [0.25, 0.3) is 5.91 Å². The Morgan fingerprint density at radius 2 is 1.62 bits per heavy atom. The second kappa shape index (κ2) is 9.98. The van der Waals surface area contributed by atoms with E-state index in [0.29, 0.717) is 17.8 Å². The maximum Gasteiger partial charge on any atom is 0.306 e. The lowest BCUT2D eigenvalue weighted by molar-refractivity contribution is -0.141.